The van der Waals surface area contributed by atoms with E-state index in [0.717, 1.165) is 51.0 Å². The van der Waals surface area contributed by atoms with Crippen molar-refractivity contribution in [1.29, 1.82) is 0 Å². The first-order valence-corrected chi connectivity index (χ1v) is 16.9. The summed E-state index contributed by atoms with van der Waals surface area (Å²) in [5.74, 6) is -0.0122. The van der Waals surface area contributed by atoms with Gasteiger partial charge in [-0.15, -0.1) is 0 Å². The van der Waals surface area contributed by atoms with Crippen LogP contribution in [0.2, 0.25) is 6.04 Å². The fourth-order valence-electron chi connectivity index (χ4n) is 4.01. The molecule has 0 fully saturated rings. The highest BCUT2D eigenvalue weighted by Crippen LogP contribution is 2.29. The molecule has 0 spiro atoms. The monoisotopic (exact) mass is 596 g/mol. The lowest BCUT2D eigenvalue weighted by molar-refractivity contribution is -0.297. The van der Waals surface area contributed by atoms with Gasteiger partial charge in [0.25, 0.3) is 0 Å². The van der Waals surface area contributed by atoms with Gasteiger partial charge in [-0.05, 0) is 83.1 Å². The number of aliphatic carboxylic acids is 1. The molecule has 1 aromatic rings. The zero-order chi connectivity index (χ0) is 30.2. The molecule has 0 unspecified atom stereocenters. The Labute approximate surface area is 247 Å². The third kappa shape index (κ3) is 17.1. The first kappa shape index (κ1) is 36.4. The van der Waals surface area contributed by atoms with Gasteiger partial charge in [0.1, 0.15) is 0 Å². The Morgan fingerprint density at radius 2 is 1.41 bits per heavy atom. The minimum absolute atomic E-state index is 0.360. The average Bonchev–Trinajstić information content (AvgIpc) is 2.95. The number of carbonyl (C=O) groups is 2. The molecule has 0 heterocycles. The second kappa shape index (κ2) is 23.0. The fourth-order valence-corrected chi connectivity index (χ4v) is 6.62. The highest BCUT2D eigenvalue weighted by atomic mass is 28.4. The van der Waals surface area contributed by atoms with Crippen molar-refractivity contribution < 1.29 is 42.2 Å². The van der Waals surface area contributed by atoms with Crippen molar-refractivity contribution in [2.24, 2.45) is 0 Å². The summed E-state index contributed by atoms with van der Waals surface area (Å²) >= 11 is 0. The third-order valence-electron chi connectivity index (χ3n) is 5.94. The SMILES string of the molecule is CCCCCOc1cc(/C=C/C(=O)[O-])ccc1OCCCCCCOC(=O)NCCC[Si](OCC)(OCC)OCC. The largest absolute Gasteiger partial charge is 0.545 e. The molecule has 10 nitrogen and oxygen atoms in total. The molecular formula is C30H50NO9Si-. The van der Waals surface area contributed by atoms with E-state index in [1.165, 1.54) is 6.08 Å². The average molecular weight is 597 g/mol. The third-order valence-corrected chi connectivity index (χ3v) is 9.09. The number of hydrogen-bond acceptors (Lipinski definition) is 9. The Morgan fingerprint density at radius 3 is 2.02 bits per heavy atom. The molecule has 234 valence electrons. The van der Waals surface area contributed by atoms with Crippen molar-refractivity contribution in [3.8, 4) is 11.5 Å². The van der Waals surface area contributed by atoms with Crippen molar-refractivity contribution in [3.63, 3.8) is 0 Å². The van der Waals surface area contributed by atoms with Crippen LogP contribution in [0.15, 0.2) is 24.3 Å². The number of carboxylic acid groups (broad SMARTS) is 1. The van der Waals surface area contributed by atoms with Crippen molar-refractivity contribution in [2.75, 3.05) is 46.2 Å². The summed E-state index contributed by atoms with van der Waals surface area (Å²) in [6.07, 6.45) is 9.30. The molecule has 1 rings (SSSR count). The number of ether oxygens (including phenoxy) is 3. The summed E-state index contributed by atoms with van der Waals surface area (Å²) in [6.45, 7) is 11.4. The molecule has 0 bridgehead atoms. The van der Waals surface area contributed by atoms with Crippen LogP contribution in [0.5, 0.6) is 11.5 Å². The normalized spacial score (nSPS) is 11.5. The first-order valence-electron chi connectivity index (χ1n) is 15.0. The van der Waals surface area contributed by atoms with Gasteiger partial charge in [-0.25, -0.2) is 4.79 Å². The lowest BCUT2D eigenvalue weighted by Gasteiger charge is -2.28. The molecule has 0 radical (unpaired) electrons. The summed E-state index contributed by atoms with van der Waals surface area (Å²) in [5, 5.41) is 13.5. The second-order valence-corrected chi connectivity index (χ2v) is 12.1. The molecule has 11 heteroatoms. The van der Waals surface area contributed by atoms with Crippen molar-refractivity contribution in [2.45, 2.75) is 85.1 Å². The van der Waals surface area contributed by atoms with Crippen LogP contribution in [0.1, 0.15) is 84.6 Å². The lowest BCUT2D eigenvalue weighted by atomic mass is 10.2. The van der Waals surface area contributed by atoms with Crippen LogP contribution in [-0.2, 0) is 22.8 Å². The molecule has 41 heavy (non-hydrogen) atoms. The van der Waals surface area contributed by atoms with Crippen LogP contribution in [0.4, 0.5) is 4.79 Å². The Hall–Kier alpha value is -2.60. The van der Waals surface area contributed by atoms with Gasteiger partial charge >= 0.3 is 14.9 Å². The number of carbonyl (C=O) groups excluding carboxylic acids is 2. The first-order chi connectivity index (χ1) is 19.9. The number of unbranched alkanes of at least 4 members (excludes halogenated alkanes) is 5. The predicted octanol–water partition coefficient (Wildman–Crippen LogP) is 5.12. The number of benzene rings is 1. The Kier molecular flexibility index (Phi) is 20.4. The minimum Gasteiger partial charge on any atom is -0.545 e. The number of hydrogen-bond donors (Lipinski definition) is 1. The summed E-state index contributed by atoms with van der Waals surface area (Å²) in [5.41, 5.74) is 0.701. The van der Waals surface area contributed by atoms with Gasteiger partial charge in [0.15, 0.2) is 11.5 Å². The highest BCUT2D eigenvalue weighted by molar-refractivity contribution is 6.60. The van der Waals surface area contributed by atoms with Crippen LogP contribution >= 0.6 is 0 Å². The minimum atomic E-state index is -2.69. The van der Waals surface area contributed by atoms with Crippen LogP contribution < -0.4 is 19.9 Å². The number of alkyl carbamates (subject to hydrolysis) is 1. The molecule has 0 saturated carbocycles. The van der Waals surface area contributed by atoms with Crippen LogP contribution in [0.25, 0.3) is 6.08 Å². The molecule has 1 N–H and O–H groups in total. The van der Waals surface area contributed by atoms with Gasteiger partial charge in [0, 0.05) is 32.4 Å². The Morgan fingerprint density at radius 1 is 0.805 bits per heavy atom. The molecule has 0 saturated heterocycles. The van der Waals surface area contributed by atoms with E-state index in [9.17, 15) is 14.7 Å². The molecule has 0 aromatic heterocycles. The standard InChI is InChI=1S/C30H51NO9Si/c1-5-9-12-21-36-28-25-26(17-19-29(32)33)16-18-27(28)35-22-13-10-11-14-23-37-30(34)31-20-15-24-41(38-6-2,39-7-3)40-8-4/h16-19,25H,5-15,20-24H2,1-4H3,(H,31,34)(H,32,33)/p-1/b19-17+. The van der Waals surface area contributed by atoms with Gasteiger partial charge in [-0.3, -0.25) is 0 Å². The van der Waals surface area contributed by atoms with E-state index in [1.807, 2.05) is 20.8 Å². The van der Waals surface area contributed by atoms with E-state index in [2.05, 4.69) is 12.2 Å². The highest BCUT2D eigenvalue weighted by Gasteiger charge is 2.39. The maximum atomic E-state index is 12.0. The smallest absolute Gasteiger partial charge is 0.500 e. The summed E-state index contributed by atoms with van der Waals surface area (Å²) < 4.78 is 34.6. The Bertz CT molecular complexity index is 864. The van der Waals surface area contributed by atoms with E-state index >= 15 is 0 Å². The number of amides is 1. The second-order valence-electron chi connectivity index (χ2n) is 9.33. The quantitative estimate of drug-likeness (QED) is 0.0930. The van der Waals surface area contributed by atoms with Crippen LogP contribution in [0.3, 0.4) is 0 Å². The molecular weight excluding hydrogens is 546 g/mol. The van der Waals surface area contributed by atoms with Gasteiger partial charge < -0.3 is 42.7 Å². The van der Waals surface area contributed by atoms with E-state index < -0.39 is 20.9 Å². The maximum Gasteiger partial charge on any atom is 0.500 e. The van der Waals surface area contributed by atoms with Crippen LogP contribution in [-0.4, -0.2) is 67.1 Å². The molecule has 1 amide bonds. The van der Waals surface area contributed by atoms with Gasteiger partial charge in [-0.1, -0.05) is 31.9 Å². The fraction of sp³-hybridized carbons (Fsp3) is 0.667. The predicted molar refractivity (Wildman–Crippen MR) is 159 cm³/mol. The van der Waals surface area contributed by atoms with Crippen molar-refractivity contribution >= 4 is 26.9 Å². The van der Waals surface area contributed by atoms with Gasteiger partial charge in [0.05, 0.1) is 25.8 Å². The summed E-state index contributed by atoms with van der Waals surface area (Å²) in [4.78, 5) is 22.7. The summed E-state index contributed by atoms with van der Waals surface area (Å²) in [7, 11) is -2.69. The van der Waals surface area contributed by atoms with Gasteiger partial charge in [0.2, 0.25) is 0 Å². The van der Waals surface area contributed by atoms with E-state index in [0.29, 0.717) is 75.7 Å². The zero-order valence-corrected chi connectivity index (χ0v) is 26.4. The molecule has 0 aliphatic rings. The number of rotatable bonds is 25. The van der Waals surface area contributed by atoms with E-state index in [4.69, 9.17) is 27.5 Å². The molecule has 0 aliphatic carbocycles. The molecule has 0 atom stereocenters. The zero-order valence-electron chi connectivity index (χ0n) is 25.4. The Balaban J connectivity index is 2.29. The lowest BCUT2D eigenvalue weighted by Crippen LogP contribution is -2.46. The van der Waals surface area contributed by atoms with Crippen LogP contribution in [0, 0.1) is 0 Å². The topological polar surface area (TPSA) is 125 Å². The molecule has 1 aromatic carbocycles. The van der Waals surface area contributed by atoms with Gasteiger partial charge in [-0.2, -0.15) is 0 Å². The van der Waals surface area contributed by atoms with Crippen molar-refractivity contribution in [3.05, 3.63) is 29.8 Å². The maximum absolute atomic E-state index is 12.0. The number of carboxylic acids is 1. The summed E-state index contributed by atoms with van der Waals surface area (Å²) in [6, 6.07) is 5.99. The molecule has 0 aliphatic heterocycles. The van der Waals surface area contributed by atoms with Crippen molar-refractivity contribution in [1.82, 2.24) is 5.32 Å². The van der Waals surface area contributed by atoms with E-state index in [-0.39, 0.29) is 0 Å². The van der Waals surface area contributed by atoms with E-state index in [1.54, 1.807) is 18.2 Å². The number of nitrogens with one attached hydrogen (secondary N) is 1.